The molecule has 9 heteroatoms. The summed E-state index contributed by atoms with van der Waals surface area (Å²) in [5.41, 5.74) is 2.92. The molecule has 1 amide bonds. The van der Waals surface area contributed by atoms with Crippen molar-refractivity contribution in [1.29, 1.82) is 0 Å². The maximum absolute atomic E-state index is 12.5. The van der Waals surface area contributed by atoms with Gasteiger partial charge in [-0.1, -0.05) is 30.3 Å². The van der Waals surface area contributed by atoms with Crippen molar-refractivity contribution < 1.29 is 4.79 Å². The summed E-state index contributed by atoms with van der Waals surface area (Å²) in [7, 11) is 5.06. The van der Waals surface area contributed by atoms with Gasteiger partial charge in [-0.3, -0.25) is 18.7 Å². The summed E-state index contributed by atoms with van der Waals surface area (Å²) in [6.45, 7) is 1.24. The van der Waals surface area contributed by atoms with E-state index in [4.69, 9.17) is 0 Å². The molecule has 9 nitrogen and oxygen atoms in total. The highest BCUT2D eigenvalue weighted by molar-refractivity contribution is 5.90. The summed E-state index contributed by atoms with van der Waals surface area (Å²) in [6.07, 6.45) is 2.36. The molecule has 1 N–H and O–H groups in total. The van der Waals surface area contributed by atoms with Crippen molar-refractivity contribution in [3.05, 3.63) is 87.3 Å². The van der Waals surface area contributed by atoms with E-state index in [9.17, 15) is 14.4 Å². The van der Waals surface area contributed by atoms with Gasteiger partial charge in [0, 0.05) is 52.0 Å². The Morgan fingerprint density at radius 1 is 1.00 bits per heavy atom. The largest absolute Gasteiger partial charge is 0.370 e. The fourth-order valence-corrected chi connectivity index (χ4v) is 3.95. The van der Waals surface area contributed by atoms with Crippen LogP contribution in [-0.4, -0.2) is 31.6 Å². The van der Waals surface area contributed by atoms with Crippen molar-refractivity contribution in [1.82, 2.24) is 18.7 Å². The molecule has 0 bridgehead atoms. The summed E-state index contributed by atoms with van der Waals surface area (Å²) < 4.78 is 4.11. The van der Waals surface area contributed by atoms with Crippen LogP contribution in [0.3, 0.4) is 0 Å². The number of rotatable bonds is 8. The molecule has 2 aromatic heterocycles. The van der Waals surface area contributed by atoms with Gasteiger partial charge < -0.3 is 14.8 Å². The number of carbonyl (C=O) groups is 1. The van der Waals surface area contributed by atoms with E-state index >= 15 is 0 Å². The van der Waals surface area contributed by atoms with E-state index < -0.39 is 11.2 Å². The lowest BCUT2D eigenvalue weighted by molar-refractivity contribution is -0.116. The molecule has 0 spiro atoms. The molecule has 4 rings (SSSR count). The van der Waals surface area contributed by atoms with Crippen molar-refractivity contribution in [3.63, 3.8) is 0 Å². The van der Waals surface area contributed by atoms with Crippen LogP contribution in [0.1, 0.15) is 18.4 Å². The Balaban J connectivity index is 1.32. The monoisotopic (exact) mass is 460 g/mol. The van der Waals surface area contributed by atoms with E-state index in [0.717, 1.165) is 22.5 Å². The number of hydrogen-bond donors (Lipinski definition) is 1. The molecule has 2 heterocycles. The number of nitrogens with zero attached hydrogens (tertiary/aromatic N) is 5. The lowest BCUT2D eigenvalue weighted by Crippen LogP contribution is -2.37. The van der Waals surface area contributed by atoms with Crippen molar-refractivity contribution >= 4 is 28.4 Å². The first-order valence-electron chi connectivity index (χ1n) is 11.1. The van der Waals surface area contributed by atoms with Crippen molar-refractivity contribution in [2.24, 2.45) is 14.1 Å². The smallest absolute Gasteiger partial charge is 0.332 e. The minimum Gasteiger partial charge on any atom is -0.370 e. The lowest BCUT2D eigenvalue weighted by atomic mass is 10.2. The zero-order valence-electron chi connectivity index (χ0n) is 19.6. The first-order chi connectivity index (χ1) is 16.3. The number of benzene rings is 2. The van der Waals surface area contributed by atoms with Gasteiger partial charge >= 0.3 is 5.69 Å². The third kappa shape index (κ3) is 4.78. The van der Waals surface area contributed by atoms with Crippen molar-refractivity contribution in [2.75, 3.05) is 17.3 Å². The van der Waals surface area contributed by atoms with Crippen LogP contribution in [0.4, 0.5) is 11.4 Å². The first kappa shape index (κ1) is 23.0. The molecular formula is C25H28N6O3. The second-order valence-electron chi connectivity index (χ2n) is 8.36. The van der Waals surface area contributed by atoms with Crippen LogP contribution in [0.15, 0.2) is 70.5 Å². The molecule has 34 heavy (non-hydrogen) atoms. The van der Waals surface area contributed by atoms with Gasteiger partial charge in [0.1, 0.15) is 0 Å². The highest BCUT2D eigenvalue weighted by Gasteiger charge is 2.14. The quantitative estimate of drug-likeness (QED) is 0.436. The summed E-state index contributed by atoms with van der Waals surface area (Å²) >= 11 is 0. The lowest BCUT2D eigenvalue weighted by Gasteiger charge is -2.19. The molecule has 0 unspecified atom stereocenters. The molecule has 176 valence electrons. The zero-order chi connectivity index (χ0) is 24.2. The molecule has 0 fully saturated rings. The van der Waals surface area contributed by atoms with E-state index in [1.54, 1.807) is 11.6 Å². The van der Waals surface area contributed by atoms with E-state index in [1.807, 2.05) is 49.5 Å². The fourth-order valence-electron chi connectivity index (χ4n) is 3.95. The Morgan fingerprint density at radius 3 is 2.41 bits per heavy atom. The highest BCUT2D eigenvalue weighted by atomic mass is 16.2. The maximum atomic E-state index is 12.5. The van der Waals surface area contributed by atoms with E-state index in [2.05, 4.69) is 27.3 Å². The molecule has 0 aliphatic rings. The average Bonchev–Trinajstić information content (AvgIpc) is 3.26. The number of imidazole rings is 1. The van der Waals surface area contributed by atoms with Gasteiger partial charge in [-0.15, -0.1) is 0 Å². The number of fused-ring (bicyclic) bond motifs is 1. The normalized spacial score (nSPS) is 11.0. The molecule has 2 aromatic carbocycles. The first-order valence-corrected chi connectivity index (χ1v) is 11.1. The number of amides is 1. The zero-order valence-corrected chi connectivity index (χ0v) is 19.6. The summed E-state index contributed by atoms with van der Waals surface area (Å²) in [6, 6.07) is 18.0. The van der Waals surface area contributed by atoms with Gasteiger partial charge in [-0.2, -0.15) is 0 Å². The molecule has 0 saturated carbocycles. The Morgan fingerprint density at radius 2 is 1.71 bits per heavy atom. The molecule has 4 aromatic rings. The number of aromatic nitrogens is 4. The average molecular weight is 461 g/mol. The third-order valence-electron chi connectivity index (χ3n) is 5.87. The number of carbonyl (C=O) groups excluding carboxylic acids is 1. The topological polar surface area (TPSA) is 94.2 Å². The summed E-state index contributed by atoms with van der Waals surface area (Å²) in [5, 5.41) is 2.92. The maximum Gasteiger partial charge on any atom is 0.332 e. The molecule has 0 radical (unpaired) electrons. The Kier molecular flexibility index (Phi) is 6.62. The highest BCUT2D eigenvalue weighted by Crippen LogP contribution is 2.19. The Labute approximate surface area is 196 Å². The molecular weight excluding hydrogens is 432 g/mol. The fraction of sp³-hybridized carbons (Fsp3) is 0.280. The van der Waals surface area contributed by atoms with Gasteiger partial charge in [-0.05, 0) is 36.2 Å². The van der Waals surface area contributed by atoms with Gasteiger partial charge in [0.05, 0.1) is 6.33 Å². The number of anilines is 2. The molecule has 0 aliphatic heterocycles. The number of aryl methyl sites for hydroxylation is 2. The third-order valence-corrected chi connectivity index (χ3v) is 5.87. The van der Waals surface area contributed by atoms with Crippen LogP contribution < -0.4 is 21.5 Å². The SMILES string of the molecule is CN(Cc1ccccc1)c1ccc(NC(=O)CCCn2cnc3c2c(=O)n(C)c(=O)n3C)cc1. The van der Waals surface area contributed by atoms with Crippen LogP contribution in [-0.2, 0) is 32.0 Å². The summed E-state index contributed by atoms with van der Waals surface area (Å²) in [5.74, 6) is -0.102. The van der Waals surface area contributed by atoms with Crippen LogP contribution in [0.25, 0.3) is 11.2 Å². The molecule has 0 atom stereocenters. The van der Waals surface area contributed by atoms with E-state index in [-0.39, 0.29) is 5.91 Å². The van der Waals surface area contributed by atoms with Gasteiger partial charge in [0.25, 0.3) is 5.56 Å². The molecule has 0 aliphatic carbocycles. The minimum absolute atomic E-state index is 0.102. The van der Waals surface area contributed by atoms with Gasteiger partial charge in [-0.25, -0.2) is 9.78 Å². The Hall–Kier alpha value is -4.14. The van der Waals surface area contributed by atoms with Crippen LogP contribution in [0.2, 0.25) is 0 Å². The summed E-state index contributed by atoms with van der Waals surface area (Å²) in [4.78, 5) is 43.3. The van der Waals surface area contributed by atoms with Crippen LogP contribution in [0, 0.1) is 0 Å². The van der Waals surface area contributed by atoms with E-state index in [0.29, 0.717) is 30.6 Å². The van der Waals surface area contributed by atoms with Crippen molar-refractivity contribution in [2.45, 2.75) is 25.9 Å². The predicted molar refractivity (Wildman–Crippen MR) is 133 cm³/mol. The second kappa shape index (κ2) is 9.78. The van der Waals surface area contributed by atoms with Crippen LogP contribution in [0.5, 0.6) is 0 Å². The van der Waals surface area contributed by atoms with Gasteiger partial charge in [0.2, 0.25) is 5.91 Å². The second-order valence-corrected chi connectivity index (χ2v) is 8.36. The Bertz CT molecular complexity index is 1420. The minimum atomic E-state index is -0.417. The standard InChI is InChI=1S/C25H28N6O3/c1-28(16-18-8-5-4-6-9-18)20-13-11-19(12-14-20)27-21(32)10-7-15-31-17-26-23-22(31)24(33)30(3)25(34)29(23)2/h4-6,8-9,11-14,17H,7,10,15-16H2,1-3H3,(H,27,32). The number of hydrogen-bond acceptors (Lipinski definition) is 5. The molecule has 0 saturated heterocycles. The van der Waals surface area contributed by atoms with Crippen molar-refractivity contribution in [3.8, 4) is 0 Å². The predicted octanol–water partition coefficient (Wildman–Crippen LogP) is 2.49. The van der Waals surface area contributed by atoms with Gasteiger partial charge in [0.15, 0.2) is 11.2 Å². The van der Waals surface area contributed by atoms with E-state index in [1.165, 1.54) is 23.5 Å². The van der Waals surface area contributed by atoms with Crippen LogP contribution >= 0.6 is 0 Å². The number of nitrogens with one attached hydrogen (secondary N) is 1.